The summed E-state index contributed by atoms with van der Waals surface area (Å²) in [4.78, 5) is 13.4. The Bertz CT molecular complexity index is 720. The second-order valence-corrected chi connectivity index (χ2v) is 6.96. The quantitative estimate of drug-likeness (QED) is 0.774. The Kier molecular flexibility index (Phi) is 7.12. The van der Waals surface area contributed by atoms with E-state index in [0.29, 0.717) is 16.6 Å². The standard InChI is InChI=1S/C19H22Cl2N2O2/c1-13(17-9-6-15(20)10-18(17)21)22-19(24)12-23(2)11-14-4-7-16(25-3)8-5-14/h4-10,13H,11-12H2,1-3H3,(H,22,24)/p+1/t13-/m0/s1. The van der Waals surface area contributed by atoms with Crippen molar-refractivity contribution in [2.24, 2.45) is 0 Å². The summed E-state index contributed by atoms with van der Waals surface area (Å²) in [5.41, 5.74) is 2.01. The van der Waals surface area contributed by atoms with E-state index < -0.39 is 0 Å². The van der Waals surface area contributed by atoms with Crippen LogP contribution in [0.4, 0.5) is 0 Å². The van der Waals surface area contributed by atoms with E-state index in [1.165, 1.54) is 0 Å². The van der Waals surface area contributed by atoms with Gasteiger partial charge in [0.05, 0.1) is 20.2 Å². The molecular weight excluding hydrogens is 359 g/mol. The summed E-state index contributed by atoms with van der Waals surface area (Å²) in [5, 5.41) is 4.12. The Morgan fingerprint density at radius 1 is 1.20 bits per heavy atom. The molecule has 1 amide bonds. The van der Waals surface area contributed by atoms with Gasteiger partial charge >= 0.3 is 0 Å². The molecular formula is C19H23Cl2N2O2+. The van der Waals surface area contributed by atoms with Gasteiger partial charge in [-0.2, -0.15) is 0 Å². The van der Waals surface area contributed by atoms with Crippen molar-refractivity contribution < 1.29 is 14.4 Å². The van der Waals surface area contributed by atoms with Crippen molar-refractivity contribution in [3.63, 3.8) is 0 Å². The molecule has 134 valence electrons. The molecule has 2 aromatic carbocycles. The average molecular weight is 382 g/mol. The minimum atomic E-state index is -0.175. The number of hydrogen-bond acceptors (Lipinski definition) is 2. The molecule has 25 heavy (non-hydrogen) atoms. The minimum Gasteiger partial charge on any atom is -0.497 e. The summed E-state index contributed by atoms with van der Waals surface area (Å²) in [6.07, 6.45) is 0. The number of likely N-dealkylation sites (N-methyl/N-ethyl adjacent to an activating group) is 1. The molecule has 0 heterocycles. The van der Waals surface area contributed by atoms with Crippen molar-refractivity contribution in [2.75, 3.05) is 20.7 Å². The molecule has 0 spiro atoms. The monoisotopic (exact) mass is 381 g/mol. The maximum absolute atomic E-state index is 12.3. The van der Waals surface area contributed by atoms with Crippen LogP contribution in [0.3, 0.4) is 0 Å². The van der Waals surface area contributed by atoms with Crippen molar-refractivity contribution in [3.05, 3.63) is 63.6 Å². The molecule has 1 unspecified atom stereocenters. The Balaban J connectivity index is 1.87. The van der Waals surface area contributed by atoms with Gasteiger partial charge in [0.1, 0.15) is 12.3 Å². The summed E-state index contributed by atoms with van der Waals surface area (Å²) in [6.45, 7) is 3.04. The van der Waals surface area contributed by atoms with Crippen molar-refractivity contribution in [1.29, 1.82) is 0 Å². The normalized spacial score (nSPS) is 13.2. The first-order valence-corrected chi connectivity index (χ1v) is 8.83. The molecule has 0 radical (unpaired) electrons. The van der Waals surface area contributed by atoms with E-state index in [1.807, 2.05) is 44.3 Å². The maximum Gasteiger partial charge on any atom is 0.275 e. The number of carbonyl (C=O) groups excluding carboxylic acids is 1. The summed E-state index contributed by atoms with van der Waals surface area (Å²) >= 11 is 12.1. The summed E-state index contributed by atoms with van der Waals surface area (Å²) in [6, 6.07) is 13.0. The fourth-order valence-corrected chi connectivity index (χ4v) is 3.22. The van der Waals surface area contributed by atoms with Crippen LogP contribution in [0.1, 0.15) is 24.1 Å². The second-order valence-electron chi connectivity index (χ2n) is 6.11. The van der Waals surface area contributed by atoms with Crippen LogP contribution in [0.25, 0.3) is 0 Å². The van der Waals surface area contributed by atoms with Gasteiger partial charge in [0.25, 0.3) is 5.91 Å². The number of ether oxygens (including phenoxy) is 1. The number of halogens is 2. The van der Waals surface area contributed by atoms with Gasteiger partial charge in [0, 0.05) is 15.6 Å². The Hall–Kier alpha value is -1.75. The fraction of sp³-hybridized carbons (Fsp3) is 0.316. The second kappa shape index (κ2) is 9.09. The zero-order chi connectivity index (χ0) is 18.4. The first kappa shape index (κ1) is 19.6. The van der Waals surface area contributed by atoms with Gasteiger partial charge in [-0.25, -0.2) is 0 Å². The first-order chi connectivity index (χ1) is 11.9. The highest BCUT2D eigenvalue weighted by molar-refractivity contribution is 6.35. The van der Waals surface area contributed by atoms with Gasteiger partial charge in [0.2, 0.25) is 0 Å². The Labute approximate surface area is 158 Å². The number of nitrogens with one attached hydrogen (secondary N) is 2. The summed E-state index contributed by atoms with van der Waals surface area (Å²) in [5.74, 6) is 0.803. The fourth-order valence-electron chi connectivity index (χ4n) is 2.65. The number of benzene rings is 2. The van der Waals surface area contributed by atoms with Gasteiger partial charge in [-0.1, -0.05) is 29.3 Å². The predicted molar refractivity (Wildman–Crippen MR) is 101 cm³/mol. The maximum atomic E-state index is 12.3. The van der Waals surface area contributed by atoms with E-state index in [-0.39, 0.29) is 11.9 Å². The molecule has 0 aromatic heterocycles. The lowest BCUT2D eigenvalue weighted by Crippen LogP contribution is -3.08. The van der Waals surface area contributed by atoms with Crippen molar-refractivity contribution in [3.8, 4) is 5.75 Å². The molecule has 0 saturated carbocycles. The predicted octanol–water partition coefficient (Wildman–Crippen LogP) is 2.89. The lowest BCUT2D eigenvalue weighted by atomic mass is 10.1. The van der Waals surface area contributed by atoms with Gasteiger partial charge in [-0.05, 0) is 48.9 Å². The third kappa shape index (κ3) is 5.92. The van der Waals surface area contributed by atoms with Gasteiger partial charge in [-0.15, -0.1) is 0 Å². The number of hydrogen-bond donors (Lipinski definition) is 2. The number of quaternary nitrogens is 1. The van der Waals surface area contributed by atoms with Crippen LogP contribution < -0.4 is 15.0 Å². The van der Waals surface area contributed by atoms with Gasteiger partial charge < -0.3 is 15.0 Å². The average Bonchev–Trinajstić information content (AvgIpc) is 2.55. The summed E-state index contributed by atoms with van der Waals surface area (Å²) in [7, 11) is 3.63. The molecule has 6 heteroatoms. The molecule has 0 fully saturated rings. The van der Waals surface area contributed by atoms with E-state index in [4.69, 9.17) is 27.9 Å². The van der Waals surface area contributed by atoms with E-state index in [9.17, 15) is 4.79 Å². The zero-order valence-corrected chi connectivity index (χ0v) is 16.1. The van der Waals surface area contributed by atoms with E-state index in [1.54, 1.807) is 19.2 Å². The molecule has 2 atom stereocenters. The third-order valence-electron chi connectivity index (χ3n) is 3.93. The van der Waals surface area contributed by atoms with Crippen LogP contribution in [0.15, 0.2) is 42.5 Å². The van der Waals surface area contributed by atoms with E-state index in [2.05, 4.69) is 5.32 Å². The molecule has 0 aliphatic carbocycles. The van der Waals surface area contributed by atoms with Gasteiger partial charge in [0.15, 0.2) is 6.54 Å². The number of methoxy groups -OCH3 is 1. The highest BCUT2D eigenvalue weighted by atomic mass is 35.5. The first-order valence-electron chi connectivity index (χ1n) is 8.07. The highest BCUT2D eigenvalue weighted by Gasteiger charge is 2.16. The van der Waals surface area contributed by atoms with Crippen LogP contribution in [0, 0.1) is 0 Å². The van der Waals surface area contributed by atoms with Crippen LogP contribution in [-0.4, -0.2) is 26.6 Å². The highest BCUT2D eigenvalue weighted by Crippen LogP contribution is 2.25. The molecule has 4 nitrogen and oxygen atoms in total. The third-order valence-corrected chi connectivity index (χ3v) is 4.50. The van der Waals surface area contributed by atoms with Crippen molar-refractivity contribution >= 4 is 29.1 Å². The molecule has 2 N–H and O–H groups in total. The number of rotatable bonds is 7. The van der Waals surface area contributed by atoms with Gasteiger partial charge in [-0.3, -0.25) is 4.79 Å². The zero-order valence-electron chi connectivity index (χ0n) is 14.6. The topological polar surface area (TPSA) is 42.8 Å². The van der Waals surface area contributed by atoms with E-state index in [0.717, 1.165) is 28.3 Å². The smallest absolute Gasteiger partial charge is 0.275 e. The lowest BCUT2D eigenvalue weighted by molar-refractivity contribution is -0.885. The molecule has 2 rings (SSSR count). The van der Waals surface area contributed by atoms with Crippen molar-refractivity contribution in [1.82, 2.24) is 5.32 Å². The van der Waals surface area contributed by atoms with Crippen LogP contribution in [0.2, 0.25) is 10.0 Å². The Morgan fingerprint density at radius 3 is 2.48 bits per heavy atom. The van der Waals surface area contributed by atoms with Crippen LogP contribution in [-0.2, 0) is 11.3 Å². The van der Waals surface area contributed by atoms with Crippen molar-refractivity contribution in [2.45, 2.75) is 19.5 Å². The lowest BCUT2D eigenvalue weighted by Gasteiger charge is -2.18. The Morgan fingerprint density at radius 2 is 1.88 bits per heavy atom. The summed E-state index contributed by atoms with van der Waals surface area (Å²) < 4.78 is 5.15. The SMILES string of the molecule is COc1ccc(C[NH+](C)CC(=O)N[C@@H](C)c2ccc(Cl)cc2Cl)cc1. The van der Waals surface area contributed by atoms with Crippen LogP contribution in [0.5, 0.6) is 5.75 Å². The molecule has 0 aliphatic rings. The van der Waals surface area contributed by atoms with E-state index >= 15 is 0 Å². The molecule has 2 aromatic rings. The number of carbonyl (C=O) groups is 1. The molecule has 0 aliphatic heterocycles. The minimum absolute atomic E-state index is 0.0236. The number of amides is 1. The molecule has 0 saturated heterocycles. The largest absolute Gasteiger partial charge is 0.497 e. The van der Waals surface area contributed by atoms with Crippen LogP contribution >= 0.6 is 23.2 Å². The molecule has 0 bridgehead atoms.